The summed E-state index contributed by atoms with van der Waals surface area (Å²) < 4.78 is 26.1. The first-order valence-electron chi connectivity index (χ1n) is 12.3. The van der Waals surface area contributed by atoms with Crippen molar-refractivity contribution in [1.29, 1.82) is 0 Å². The third-order valence-electron chi connectivity index (χ3n) is 6.84. The predicted molar refractivity (Wildman–Crippen MR) is 137 cm³/mol. The SMILES string of the molecule is [B]C(CCC=O)(C(=O)NC)N1C(=O)c2cccc(OCc3ccc(CN4CCOCC4)cc3F)c2C1([B])O. The molecule has 2 unspecified atom stereocenters. The minimum atomic E-state index is -2.55. The molecule has 2 atom stereocenters. The molecular formula is C26H28B2FN3O6. The molecule has 2 aromatic carbocycles. The molecule has 2 aromatic rings. The van der Waals surface area contributed by atoms with Gasteiger partial charge in [0.05, 0.1) is 24.2 Å². The van der Waals surface area contributed by atoms with Gasteiger partial charge >= 0.3 is 0 Å². The Morgan fingerprint density at radius 2 is 2.05 bits per heavy atom. The number of likely N-dealkylation sites (N-methyl/N-ethyl adjacent to an activating group) is 1. The van der Waals surface area contributed by atoms with Gasteiger partial charge in [0.1, 0.15) is 37.9 Å². The standard InChI is InChI=1S/C26H28B2FN3O6/c1-30-24(35)25(27,8-3-11-33)32-23(34)19-4-2-5-21(22(19)26(32,28)36)38-16-18-7-6-17(14-20(18)29)15-31-9-12-37-13-10-31/h2,4-7,11,14,36H,3,8-10,12-13,15-16H2,1H3,(H,30,35). The number of aldehydes is 1. The Bertz CT molecular complexity index is 1220. The van der Waals surface area contributed by atoms with Crippen molar-refractivity contribution in [2.24, 2.45) is 0 Å². The normalized spacial score (nSPS) is 21.0. The molecule has 0 saturated carbocycles. The Labute approximate surface area is 223 Å². The van der Waals surface area contributed by atoms with Crippen LogP contribution in [0.5, 0.6) is 5.75 Å². The van der Waals surface area contributed by atoms with E-state index >= 15 is 0 Å². The van der Waals surface area contributed by atoms with E-state index in [9.17, 15) is 23.9 Å². The lowest BCUT2D eigenvalue weighted by Gasteiger charge is -2.45. The lowest BCUT2D eigenvalue weighted by atomic mass is 9.68. The number of nitrogens with zero attached hydrogens (tertiary/aromatic N) is 2. The maximum absolute atomic E-state index is 14.9. The fourth-order valence-electron chi connectivity index (χ4n) is 4.88. The Morgan fingerprint density at radius 3 is 2.71 bits per heavy atom. The van der Waals surface area contributed by atoms with Crippen LogP contribution in [-0.2, 0) is 33.1 Å². The van der Waals surface area contributed by atoms with E-state index in [0.717, 1.165) is 18.7 Å². The predicted octanol–water partition coefficient (Wildman–Crippen LogP) is 0.554. The third kappa shape index (κ3) is 5.21. The summed E-state index contributed by atoms with van der Waals surface area (Å²) in [6, 6.07) is 9.28. The van der Waals surface area contributed by atoms with Crippen molar-refractivity contribution >= 4 is 33.8 Å². The number of fused-ring (bicyclic) bond motifs is 1. The van der Waals surface area contributed by atoms with Crippen LogP contribution >= 0.6 is 0 Å². The molecule has 2 amide bonds. The van der Waals surface area contributed by atoms with Gasteiger partial charge in [-0.2, -0.15) is 0 Å². The van der Waals surface area contributed by atoms with E-state index < -0.39 is 28.7 Å². The first-order chi connectivity index (χ1) is 18.1. The second-order valence-electron chi connectivity index (χ2n) is 9.36. The van der Waals surface area contributed by atoms with E-state index in [4.69, 9.17) is 25.2 Å². The number of benzene rings is 2. The highest BCUT2D eigenvalue weighted by atomic mass is 19.1. The molecule has 2 heterocycles. The van der Waals surface area contributed by atoms with E-state index in [1.165, 1.54) is 31.3 Å². The minimum absolute atomic E-state index is 0.0230. The number of hydrogen-bond acceptors (Lipinski definition) is 7. The van der Waals surface area contributed by atoms with Gasteiger partial charge in [0, 0.05) is 44.2 Å². The molecule has 196 valence electrons. The third-order valence-corrected chi connectivity index (χ3v) is 6.84. The molecule has 4 radical (unpaired) electrons. The van der Waals surface area contributed by atoms with Gasteiger partial charge in [-0.25, -0.2) is 4.39 Å². The van der Waals surface area contributed by atoms with E-state index in [1.54, 1.807) is 6.07 Å². The van der Waals surface area contributed by atoms with Crippen molar-refractivity contribution in [2.45, 2.75) is 37.1 Å². The summed E-state index contributed by atoms with van der Waals surface area (Å²) in [4.78, 5) is 39.9. The number of hydrogen-bond donors (Lipinski definition) is 2. The summed E-state index contributed by atoms with van der Waals surface area (Å²) in [6.07, 6.45) is 0.0982. The molecule has 2 N–H and O–H groups in total. The minimum Gasteiger partial charge on any atom is -0.488 e. The summed E-state index contributed by atoms with van der Waals surface area (Å²) in [5.41, 5.74) is -3.74. The fraction of sp³-hybridized carbons (Fsp3) is 0.423. The van der Waals surface area contributed by atoms with E-state index in [2.05, 4.69) is 10.2 Å². The van der Waals surface area contributed by atoms with Crippen molar-refractivity contribution < 1.29 is 33.4 Å². The molecule has 9 nitrogen and oxygen atoms in total. The lowest BCUT2D eigenvalue weighted by Crippen LogP contribution is -2.65. The zero-order chi connectivity index (χ0) is 27.5. The smallest absolute Gasteiger partial charge is 0.256 e. The molecule has 4 rings (SSSR count). The number of amides is 2. The Kier molecular flexibility index (Phi) is 8.25. The summed E-state index contributed by atoms with van der Waals surface area (Å²) in [5.74, 6) is -2.06. The number of nitrogens with one attached hydrogen (secondary N) is 1. The summed E-state index contributed by atoms with van der Waals surface area (Å²) >= 11 is 0. The van der Waals surface area contributed by atoms with Crippen LogP contribution in [0.15, 0.2) is 36.4 Å². The van der Waals surface area contributed by atoms with E-state index in [0.29, 0.717) is 30.9 Å². The largest absolute Gasteiger partial charge is 0.488 e. The maximum atomic E-state index is 14.9. The zero-order valence-electron chi connectivity index (χ0n) is 21.1. The van der Waals surface area contributed by atoms with Crippen molar-refractivity contribution in [3.05, 3.63) is 64.5 Å². The second kappa shape index (κ2) is 11.3. The van der Waals surface area contributed by atoms with Gasteiger partial charge in [0.2, 0.25) is 5.91 Å². The van der Waals surface area contributed by atoms with Gasteiger partial charge in [0.25, 0.3) is 5.91 Å². The number of ether oxygens (including phenoxy) is 2. The van der Waals surface area contributed by atoms with Crippen molar-refractivity contribution in [3.63, 3.8) is 0 Å². The Hall–Kier alpha value is -3.21. The van der Waals surface area contributed by atoms with Crippen molar-refractivity contribution in [1.82, 2.24) is 15.1 Å². The highest BCUT2D eigenvalue weighted by Crippen LogP contribution is 2.45. The number of aliphatic hydroxyl groups is 1. The van der Waals surface area contributed by atoms with Gasteiger partial charge in [-0.3, -0.25) is 14.5 Å². The Balaban J connectivity index is 1.57. The highest BCUT2D eigenvalue weighted by molar-refractivity contribution is 6.32. The van der Waals surface area contributed by atoms with E-state index in [1.807, 2.05) is 6.07 Å². The van der Waals surface area contributed by atoms with Crippen LogP contribution in [0, 0.1) is 5.82 Å². The van der Waals surface area contributed by atoms with Crippen molar-refractivity contribution in [3.8, 4) is 5.75 Å². The molecule has 0 aliphatic carbocycles. The Morgan fingerprint density at radius 1 is 1.32 bits per heavy atom. The number of carbonyl (C=O) groups excluding carboxylic acids is 3. The zero-order valence-corrected chi connectivity index (χ0v) is 21.1. The number of carbonyl (C=O) groups is 3. The fourth-order valence-corrected chi connectivity index (χ4v) is 4.88. The molecule has 12 heteroatoms. The van der Waals surface area contributed by atoms with Crippen molar-refractivity contribution in [2.75, 3.05) is 33.4 Å². The molecule has 2 aliphatic rings. The van der Waals surface area contributed by atoms with Gasteiger partial charge < -0.3 is 29.6 Å². The van der Waals surface area contributed by atoms with Gasteiger partial charge in [-0.1, -0.05) is 18.2 Å². The van der Waals surface area contributed by atoms with Gasteiger partial charge in [-0.05, 0) is 30.2 Å². The second-order valence-corrected chi connectivity index (χ2v) is 9.36. The average molecular weight is 519 g/mol. The first-order valence-corrected chi connectivity index (χ1v) is 12.3. The number of morpholine rings is 1. The van der Waals surface area contributed by atoms with Crippen LogP contribution in [0.3, 0.4) is 0 Å². The highest BCUT2D eigenvalue weighted by Gasteiger charge is 2.55. The first kappa shape index (κ1) is 27.8. The van der Waals surface area contributed by atoms with Crippen LogP contribution in [0.2, 0.25) is 0 Å². The van der Waals surface area contributed by atoms with Gasteiger partial charge in [0.15, 0.2) is 7.85 Å². The summed E-state index contributed by atoms with van der Waals surface area (Å²) in [5, 5.41) is 13.7. The summed E-state index contributed by atoms with van der Waals surface area (Å²) in [6.45, 7) is 3.25. The molecule has 0 bridgehead atoms. The van der Waals surface area contributed by atoms with E-state index in [-0.39, 0.29) is 41.9 Å². The molecule has 0 spiro atoms. The molecule has 1 fully saturated rings. The number of rotatable bonds is 10. The quantitative estimate of drug-likeness (QED) is 0.349. The van der Waals surface area contributed by atoms with Crippen LogP contribution in [0.4, 0.5) is 4.39 Å². The van der Waals surface area contributed by atoms with Crippen LogP contribution in [-0.4, -0.2) is 87.5 Å². The average Bonchev–Trinajstić information content (AvgIpc) is 3.12. The van der Waals surface area contributed by atoms with Crippen LogP contribution in [0.1, 0.15) is 39.9 Å². The van der Waals surface area contributed by atoms with Crippen LogP contribution < -0.4 is 10.1 Å². The molecule has 2 aliphatic heterocycles. The summed E-state index contributed by atoms with van der Waals surface area (Å²) in [7, 11) is 13.8. The maximum Gasteiger partial charge on any atom is 0.256 e. The molecule has 0 aromatic heterocycles. The lowest BCUT2D eigenvalue weighted by molar-refractivity contribution is -0.135. The monoisotopic (exact) mass is 519 g/mol. The van der Waals surface area contributed by atoms with Crippen LogP contribution in [0.25, 0.3) is 0 Å². The molecular weight excluding hydrogens is 491 g/mol. The topological polar surface area (TPSA) is 108 Å². The number of halogens is 1. The van der Waals surface area contributed by atoms with Gasteiger partial charge in [-0.15, -0.1) is 0 Å². The molecule has 38 heavy (non-hydrogen) atoms. The molecule has 1 saturated heterocycles.